The number of fused-ring (bicyclic) bond motifs is 2. The standard InChI is InChI=1S/C30H27N3O6S/c1-33-18-25(23-10-11-31-29(23)30(33)34)24-16-22(40(2,35)36)7-9-26(24)39-21-5-3-4-20(15-21)32-17-19-6-8-27-28(14-19)38-13-12-37-27/h3-11,14-16,18,31-32H,12-13,17H2,1-2H3. The number of sulfone groups is 1. The molecule has 3 heterocycles. The van der Waals surface area contributed by atoms with Crippen LogP contribution in [-0.2, 0) is 23.4 Å². The first-order chi connectivity index (χ1) is 19.3. The molecule has 1 aliphatic rings. The van der Waals surface area contributed by atoms with Crippen molar-refractivity contribution in [2.75, 3.05) is 24.8 Å². The summed E-state index contributed by atoms with van der Waals surface area (Å²) in [6, 6.07) is 19.9. The summed E-state index contributed by atoms with van der Waals surface area (Å²) in [6.07, 6.45) is 4.54. The fourth-order valence-electron chi connectivity index (χ4n) is 4.72. The molecule has 0 aliphatic carbocycles. The third kappa shape index (κ3) is 5.01. The first-order valence-electron chi connectivity index (χ1n) is 12.7. The Morgan fingerprint density at radius 2 is 1.80 bits per heavy atom. The van der Waals surface area contributed by atoms with Gasteiger partial charge in [0.2, 0.25) is 0 Å². The van der Waals surface area contributed by atoms with E-state index in [2.05, 4.69) is 10.3 Å². The number of aromatic nitrogens is 2. The van der Waals surface area contributed by atoms with Gasteiger partial charge in [-0.25, -0.2) is 8.42 Å². The van der Waals surface area contributed by atoms with Gasteiger partial charge in [-0.1, -0.05) is 12.1 Å². The molecule has 9 nitrogen and oxygen atoms in total. The van der Waals surface area contributed by atoms with E-state index in [0.717, 1.165) is 29.0 Å². The van der Waals surface area contributed by atoms with Gasteiger partial charge in [0.1, 0.15) is 30.2 Å². The van der Waals surface area contributed by atoms with Crippen molar-refractivity contribution >= 4 is 26.4 Å². The molecule has 40 heavy (non-hydrogen) atoms. The van der Waals surface area contributed by atoms with Gasteiger partial charge in [-0.2, -0.15) is 0 Å². The van der Waals surface area contributed by atoms with Crippen LogP contribution in [-0.4, -0.2) is 37.4 Å². The van der Waals surface area contributed by atoms with Gasteiger partial charge in [0.05, 0.1) is 4.90 Å². The van der Waals surface area contributed by atoms with E-state index in [-0.39, 0.29) is 10.5 Å². The van der Waals surface area contributed by atoms with Gasteiger partial charge in [-0.15, -0.1) is 0 Å². The van der Waals surface area contributed by atoms with E-state index in [0.29, 0.717) is 53.3 Å². The number of hydrogen-bond acceptors (Lipinski definition) is 7. The number of H-pyrrole nitrogens is 1. The molecule has 0 atom stereocenters. The maximum Gasteiger partial charge on any atom is 0.274 e. The molecule has 0 saturated carbocycles. The van der Waals surface area contributed by atoms with E-state index >= 15 is 0 Å². The summed E-state index contributed by atoms with van der Waals surface area (Å²) in [7, 11) is -1.83. The van der Waals surface area contributed by atoms with E-state index in [1.807, 2.05) is 42.5 Å². The van der Waals surface area contributed by atoms with Crippen molar-refractivity contribution in [3.63, 3.8) is 0 Å². The van der Waals surface area contributed by atoms with Crippen molar-refractivity contribution in [3.8, 4) is 34.1 Å². The first kappa shape index (κ1) is 25.6. The highest BCUT2D eigenvalue weighted by Crippen LogP contribution is 2.38. The molecule has 1 aliphatic heterocycles. The second-order valence-corrected chi connectivity index (χ2v) is 11.6. The summed E-state index contributed by atoms with van der Waals surface area (Å²) in [5.41, 5.74) is 3.36. The second kappa shape index (κ2) is 10.1. The Bertz CT molecular complexity index is 1910. The molecule has 0 spiro atoms. The molecule has 0 bridgehead atoms. The number of ether oxygens (including phenoxy) is 3. The Morgan fingerprint density at radius 3 is 2.62 bits per heavy atom. The van der Waals surface area contributed by atoms with Crippen LogP contribution in [0.4, 0.5) is 5.69 Å². The van der Waals surface area contributed by atoms with Gasteiger partial charge in [0.25, 0.3) is 5.56 Å². The van der Waals surface area contributed by atoms with Crippen molar-refractivity contribution in [2.45, 2.75) is 11.4 Å². The van der Waals surface area contributed by atoms with Crippen LogP contribution in [0.2, 0.25) is 0 Å². The van der Waals surface area contributed by atoms with E-state index in [1.165, 1.54) is 10.6 Å². The first-order valence-corrected chi connectivity index (χ1v) is 14.6. The Morgan fingerprint density at radius 1 is 0.975 bits per heavy atom. The zero-order valence-corrected chi connectivity index (χ0v) is 22.7. The second-order valence-electron chi connectivity index (χ2n) is 9.62. The quantitative estimate of drug-likeness (QED) is 0.286. The average molecular weight is 558 g/mol. The summed E-state index contributed by atoms with van der Waals surface area (Å²) in [4.78, 5) is 15.8. The topological polar surface area (TPSA) is 112 Å². The highest BCUT2D eigenvalue weighted by molar-refractivity contribution is 7.90. The molecule has 5 aromatic rings. The summed E-state index contributed by atoms with van der Waals surface area (Å²) >= 11 is 0. The summed E-state index contributed by atoms with van der Waals surface area (Å²) in [5.74, 6) is 2.51. The maximum absolute atomic E-state index is 12.6. The SMILES string of the molecule is Cn1cc(-c2cc(S(C)(=O)=O)ccc2Oc2cccc(NCc3ccc4c(c3)OCCO4)c2)c2cc[nH]c2c1=O. The lowest BCUT2D eigenvalue weighted by Crippen LogP contribution is -2.16. The number of benzene rings is 3. The van der Waals surface area contributed by atoms with Crippen LogP contribution < -0.4 is 25.1 Å². The molecule has 204 valence electrons. The molecule has 2 aromatic heterocycles. The normalized spacial score (nSPS) is 12.8. The van der Waals surface area contributed by atoms with E-state index < -0.39 is 9.84 Å². The van der Waals surface area contributed by atoms with Crippen LogP contribution in [0.1, 0.15) is 5.56 Å². The van der Waals surface area contributed by atoms with Crippen LogP contribution in [0, 0.1) is 0 Å². The zero-order valence-electron chi connectivity index (χ0n) is 21.9. The number of nitrogens with one attached hydrogen (secondary N) is 2. The number of anilines is 1. The van der Waals surface area contributed by atoms with Crippen molar-refractivity contribution < 1.29 is 22.6 Å². The number of nitrogens with zero attached hydrogens (tertiary/aromatic N) is 1. The van der Waals surface area contributed by atoms with Crippen molar-refractivity contribution in [1.29, 1.82) is 0 Å². The van der Waals surface area contributed by atoms with Gasteiger partial charge in [0, 0.05) is 60.5 Å². The number of aromatic amines is 1. The molecular formula is C30H27N3O6S. The molecule has 0 fully saturated rings. The Kier molecular flexibility index (Phi) is 6.47. The lowest BCUT2D eigenvalue weighted by atomic mass is 10.0. The Hall–Kier alpha value is -4.70. The van der Waals surface area contributed by atoms with Gasteiger partial charge < -0.3 is 29.1 Å². The predicted octanol–water partition coefficient (Wildman–Crippen LogP) is 5.11. The minimum Gasteiger partial charge on any atom is -0.486 e. The molecule has 0 unspecified atom stereocenters. The van der Waals surface area contributed by atoms with Gasteiger partial charge >= 0.3 is 0 Å². The van der Waals surface area contributed by atoms with Gasteiger partial charge in [-0.3, -0.25) is 4.79 Å². The number of pyridine rings is 1. The lowest BCUT2D eigenvalue weighted by molar-refractivity contribution is 0.171. The van der Waals surface area contributed by atoms with Crippen LogP contribution in [0.3, 0.4) is 0 Å². The minimum absolute atomic E-state index is 0.155. The van der Waals surface area contributed by atoms with Crippen molar-refractivity contribution in [2.24, 2.45) is 7.05 Å². The highest BCUT2D eigenvalue weighted by Gasteiger charge is 2.18. The number of rotatable bonds is 7. The highest BCUT2D eigenvalue weighted by atomic mass is 32.2. The van der Waals surface area contributed by atoms with E-state index in [1.54, 1.807) is 37.6 Å². The molecule has 3 aromatic carbocycles. The molecule has 10 heteroatoms. The number of aryl methyl sites for hydroxylation is 1. The third-order valence-corrected chi connectivity index (χ3v) is 7.84. The maximum atomic E-state index is 12.6. The molecule has 6 rings (SSSR count). The summed E-state index contributed by atoms with van der Waals surface area (Å²) in [5, 5.41) is 4.08. The third-order valence-electron chi connectivity index (χ3n) is 6.73. The fourth-order valence-corrected chi connectivity index (χ4v) is 5.37. The smallest absolute Gasteiger partial charge is 0.274 e. The van der Waals surface area contributed by atoms with Crippen LogP contribution in [0.5, 0.6) is 23.0 Å². The molecular weight excluding hydrogens is 530 g/mol. The average Bonchev–Trinajstić information content (AvgIpc) is 3.44. The molecule has 2 N–H and O–H groups in total. The monoisotopic (exact) mass is 557 g/mol. The molecule has 0 saturated heterocycles. The van der Waals surface area contributed by atoms with Crippen LogP contribution in [0.25, 0.3) is 22.0 Å². The Balaban J connectivity index is 1.32. The summed E-state index contributed by atoms with van der Waals surface area (Å²) < 4.78 is 43.9. The van der Waals surface area contributed by atoms with Gasteiger partial charge in [0.15, 0.2) is 21.3 Å². The zero-order chi connectivity index (χ0) is 27.9. The molecule has 0 amide bonds. The largest absolute Gasteiger partial charge is 0.486 e. The van der Waals surface area contributed by atoms with Crippen LogP contribution >= 0.6 is 0 Å². The van der Waals surface area contributed by atoms with Gasteiger partial charge in [-0.05, 0) is 54.1 Å². The predicted molar refractivity (Wildman–Crippen MR) is 153 cm³/mol. The van der Waals surface area contributed by atoms with E-state index in [9.17, 15) is 13.2 Å². The minimum atomic E-state index is -3.49. The lowest BCUT2D eigenvalue weighted by Gasteiger charge is -2.19. The Labute approximate surface area is 230 Å². The van der Waals surface area contributed by atoms with Crippen molar-refractivity contribution in [1.82, 2.24) is 9.55 Å². The van der Waals surface area contributed by atoms with Crippen molar-refractivity contribution in [3.05, 3.63) is 95.0 Å². The molecule has 0 radical (unpaired) electrons. The fraction of sp³-hybridized carbons (Fsp3) is 0.167. The van der Waals surface area contributed by atoms with E-state index in [4.69, 9.17) is 14.2 Å². The van der Waals surface area contributed by atoms with Crippen LogP contribution in [0.15, 0.2) is 88.8 Å². The summed E-state index contributed by atoms with van der Waals surface area (Å²) in [6.45, 7) is 1.65. The number of hydrogen-bond donors (Lipinski definition) is 2.